The van der Waals surface area contributed by atoms with Gasteiger partial charge in [-0.15, -0.1) is 0 Å². The van der Waals surface area contributed by atoms with Crippen LogP contribution < -0.4 is 0 Å². The van der Waals surface area contributed by atoms with Crippen molar-refractivity contribution < 1.29 is 4.79 Å². The third-order valence-electron chi connectivity index (χ3n) is 6.15. The number of hydrogen-bond acceptors (Lipinski definition) is 2. The summed E-state index contributed by atoms with van der Waals surface area (Å²) in [5, 5.41) is 1.02. The summed E-state index contributed by atoms with van der Waals surface area (Å²) < 4.78 is 0. The number of nitrogens with zero attached hydrogens (tertiary/aromatic N) is 2. The van der Waals surface area contributed by atoms with E-state index in [1.54, 1.807) is 18.2 Å². The summed E-state index contributed by atoms with van der Waals surface area (Å²) >= 11 is 12.0. The maximum atomic E-state index is 12.6. The zero-order chi connectivity index (χ0) is 20.2. The Morgan fingerprint density at radius 1 is 0.931 bits per heavy atom. The van der Waals surface area contributed by atoms with Gasteiger partial charge < -0.3 is 4.90 Å². The van der Waals surface area contributed by atoms with Gasteiger partial charge in [-0.2, -0.15) is 0 Å². The highest BCUT2D eigenvalue weighted by Gasteiger charge is 2.32. The average molecular weight is 429 g/mol. The van der Waals surface area contributed by atoms with E-state index in [1.807, 2.05) is 17.0 Å². The largest absolute Gasteiger partial charge is 0.338 e. The first kappa shape index (κ1) is 20.5. The molecule has 0 radical (unpaired) electrons. The first-order valence-corrected chi connectivity index (χ1v) is 11.1. The first-order chi connectivity index (χ1) is 14.1. The van der Waals surface area contributed by atoms with Crippen LogP contribution in [0.3, 0.4) is 0 Å². The van der Waals surface area contributed by atoms with Gasteiger partial charge in [0.05, 0.1) is 10.0 Å². The third kappa shape index (κ3) is 5.03. The molecule has 5 heteroatoms. The summed E-state index contributed by atoms with van der Waals surface area (Å²) in [5.41, 5.74) is 2.34. The van der Waals surface area contributed by atoms with Crippen LogP contribution in [0.15, 0.2) is 54.6 Å². The molecule has 2 aromatic rings. The van der Waals surface area contributed by atoms with Gasteiger partial charge in [0, 0.05) is 25.2 Å². The van der Waals surface area contributed by atoms with E-state index in [2.05, 4.69) is 35.2 Å². The number of amides is 1. The topological polar surface area (TPSA) is 23.6 Å². The fraction of sp³-hybridized carbons (Fsp3) is 0.375. The molecular formula is C24H26Cl2N2O. The van der Waals surface area contributed by atoms with Gasteiger partial charge in [0.25, 0.3) is 0 Å². The number of benzene rings is 2. The van der Waals surface area contributed by atoms with Crippen LogP contribution in [0.25, 0.3) is 6.08 Å². The first-order valence-electron chi connectivity index (χ1n) is 10.3. The second-order valence-electron chi connectivity index (χ2n) is 7.95. The molecule has 2 heterocycles. The van der Waals surface area contributed by atoms with Gasteiger partial charge in [-0.05, 0) is 67.6 Å². The molecule has 0 aromatic heterocycles. The maximum Gasteiger partial charge on any atom is 0.246 e. The molecule has 4 rings (SSSR count). The molecule has 1 unspecified atom stereocenters. The quantitative estimate of drug-likeness (QED) is 0.601. The van der Waals surface area contributed by atoms with Gasteiger partial charge in [0.15, 0.2) is 0 Å². The van der Waals surface area contributed by atoms with Crippen molar-refractivity contribution in [2.24, 2.45) is 0 Å². The number of carbonyl (C=O) groups is 1. The summed E-state index contributed by atoms with van der Waals surface area (Å²) in [6, 6.07) is 16.7. The lowest BCUT2D eigenvalue weighted by Crippen LogP contribution is -2.42. The van der Waals surface area contributed by atoms with Crippen molar-refractivity contribution in [3.63, 3.8) is 0 Å². The molecular weight excluding hydrogens is 403 g/mol. The normalized spacial score (nSPS) is 21.2. The average Bonchev–Trinajstić information content (AvgIpc) is 3.25. The van der Waals surface area contributed by atoms with Crippen molar-refractivity contribution in [3.05, 3.63) is 75.8 Å². The van der Waals surface area contributed by atoms with E-state index in [1.165, 1.54) is 18.4 Å². The van der Waals surface area contributed by atoms with Crippen molar-refractivity contribution in [2.75, 3.05) is 26.2 Å². The SMILES string of the molecule is O=C(/C=C/c1ccc(Cl)c(Cl)c1)N1CCC(N2CCC(c3ccccc3)CC2)C1. The molecule has 2 aliphatic heterocycles. The van der Waals surface area contributed by atoms with E-state index in [0.717, 1.165) is 38.2 Å². The molecule has 0 N–H and O–H groups in total. The molecule has 0 aliphatic carbocycles. The van der Waals surface area contributed by atoms with Gasteiger partial charge in [-0.25, -0.2) is 0 Å². The Balaban J connectivity index is 1.28. The van der Waals surface area contributed by atoms with Gasteiger partial charge >= 0.3 is 0 Å². The second-order valence-corrected chi connectivity index (χ2v) is 8.77. The Morgan fingerprint density at radius 2 is 1.69 bits per heavy atom. The highest BCUT2D eigenvalue weighted by Crippen LogP contribution is 2.30. The summed E-state index contributed by atoms with van der Waals surface area (Å²) in [7, 11) is 0. The molecule has 1 atom stereocenters. The minimum absolute atomic E-state index is 0.0674. The highest BCUT2D eigenvalue weighted by atomic mass is 35.5. The molecule has 2 fully saturated rings. The Labute approximate surface area is 182 Å². The van der Waals surface area contributed by atoms with E-state index < -0.39 is 0 Å². The van der Waals surface area contributed by atoms with Gasteiger partial charge in [-0.3, -0.25) is 9.69 Å². The van der Waals surface area contributed by atoms with Gasteiger partial charge in [-0.1, -0.05) is 59.6 Å². The van der Waals surface area contributed by atoms with Crippen LogP contribution in [-0.4, -0.2) is 47.9 Å². The van der Waals surface area contributed by atoms with Crippen LogP contribution in [0, 0.1) is 0 Å². The molecule has 2 aromatic carbocycles. The number of rotatable bonds is 4. The van der Waals surface area contributed by atoms with Crippen molar-refractivity contribution in [3.8, 4) is 0 Å². The molecule has 2 aliphatic rings. The summed E-state index contributed by atoms with van der Waals surface area (Å²) in [4.78, 5) is 17.1. The summed E-state index contributed by atoms with van der Waals surface area (Å²) in [6.07, 6.45) is 6.91. The lowest BCUT2D eigenvalue weighted by Gasteiger charge is -2.36. The van der Waals surface area contributed by atoms with Crippen LogP contribution in [0.4, 0.5) is 0 Å². The molecule has 0 spiro atoms. The lowest BCUT2D eigenvalue weighted by molar-refractivity contribution is -0.125. The van der Waals surface area contributed by atoms with Crippen molar-refractivity contribution in [1.82, 2.24) is 9.80 Å². The van der Waals surface area contributed by atoms with Crippen LogP contribution in [0.2, 0.25) is 10.0 Å². The van der Waals surface area contributed by atoms with Crippen molar-refractivity contribution in [1.29, 1.82) is 0 Å². The zero-order valence-electron chi connectivity index (χ0n) is 16.4. The van der Waals surface area contributed by atoms with Gasteiger partial charge in [0.2, 0.25) is 5.91 Å². The number of hydrogen-bond donors (Lipinski definition) is 0. The summed E-state index contributed by atoms with van der Waals surface area (Å²) in [6.45, 7) is 3.88. The monoisotopic (exact) mass is 428 g/mol. The van der Waals surface area contributed by atoms with Gasteiger partial charge in [0.1, 0.15) is 0 Å². The van der Waals surface area contributed by atoms with E-state index in [4.69, 9.17) is 23.2 Å². The number of likely N-dealkylation sites (tertiary alicyclic amines) is 2. The predicted molar refractivity (Wildman–Crippen MR) is 120 cm³/mol. The molecule has 3 nitrogen and oxygen atoms in total. The molecule has 0 bridgehead atoms. The van der Waals surface area contributed by atoms with E-state index in [0.29, 0.717) is 22.0 Å². The minimum atomic E-state index is 0.0674. The van der Waals surface area contributed by atoms with Crippen LogP contribution >= 0.6 is 23.2 Å². The second kappa shape index (κ2) is 9.34. The van der Waals surface area contributed by atoms with Crippen molar-refractivity contribution >= 4 is 35.2 Å². The fourth-order valence-corrected chi connectivity index (χ4v) is 4.76. The zero-order valence-corrected chi connectivity index (χ0v) is 17.9. The molecule has 29 heavy (non-hydrogen) atoms. The molecule has 2 saturated heterocycles. The van der Waals surface area contributed by atoms with E-state index in [9.17, 15) is 4.79 Å². The Bertz CT molecular complexity index is 876. The highest BCUT2D eigenvalue weighted by molar-refractivity contribution is 6.42. The molecule has 152 valence electrons. The number of piperidine rings is 1. The Morgan fingerprint density at radius 3 is 2.41 bits per heavy atom. The van der Waals surface area contributed by atoms with Crippen LogP contribution in [-0.2, 0) is 4.79 Å². The predicted octanol–water partition coefficient (Wildman–Crippen LogP) is 5.49. The Hall–Kier alpha value is -1.81. The number of halogens is 2. The Kier molecular flexibility index (Phi) is 6.59. The third-order valence-corrected chi connectivity index (χ3v) is 6.89. The van der Waals surface area contributed by atoms with Crippen LogP contribution in [0.5, 0.6) is 0 Å². The number of carbonyl (C=O) groups excluding carboxylic acids is 1. The van der Waals surface area contributed by atoms with Crippen molar-refractivity contribution in [2.45, 2.75) is 31.2 Å². The maximum absolute atomic E-state index is 12.6. The minimum Gasteiger partial charge on any atom is -0.338 e. The molecule has 1 amide bonds. The molecule has 0 saturated carbocycles. The van der Waals surface area contributed by atoms with E-state index >= 15 is 0 Å². The van der Waals surface area contributed by atoms with E-state index in [-0.39, 0.29) is 5.91 Å². The standard InChI is InChI=1S/C24H26Cl2N2O/c25-22-8-6-18(16-23(22)26)7-9-24(29)28-15-12-21(17-28)27-13-10-20(11-14-27)19-4-2-1-3-5-19/h1-9,16,20-21H,10-15,17H2/b9-7+. The smallest absolute Gasteiger partial charge is 0.246 e. The fourth-order valence-electron chi connectivity index (χ4n) is 4.45. The lowest BCUT2D eigenvalue weighted by atomic mass is 9.89. The summed E-state index contributed by atoms with van der Waals surface area (Å²) in [5.74, 6) is 0.735. The van der Waals surface area contributed by atoms with Crippen LogP contribution in [0.1, 0.15) is 36.3 Å².